The van der Waals surface area contributed by atoms with E-state index in [1.165, 1.54) is 0 Å². The Balaban J connectivity index is 2.49. The third kappa shape index (κ3) is 4.58. The third-order valence-electron chi connectivity index (χ3n) is 4.23. The number of rotatable bonds is 2. The molecule has 1 fully saturated rings. The summed E-state index contributed by atoms with van der Waals surface area (Å²) in [6.45, 7) is 4.78. The van der Waals surface area contributed by atoms with Crippen molar-refractivity contribution in [3.05, 3.63) is 35.1 Å². The second-order valence-electron chi connectivity index (χ2n) is 7.50. The van der Waals surface area contributed by atoms with Gasteiger partial charge in [-0.1, -0.05) is 6.07 Å². The van der Waals surface area contributed by atoms with Crippen molar-refractivity contribution < 1.29 is 37.0 Å². The van der Waals surface area contributed by atoms with E-state index < -0.39 is 46.7 Å². The van der Waals surface area contributed by atoms with Gasteiger partial charge in [-0.2, -0.15) is 13.2 Å². The summed E-state index contributed by atoms with van der Waals surface area (Å²) < 4.78 is 57.6. The van der Waals surface area contributed by atoms with E-state index in [9.17, 15) is 32.3 Å². The van der Waals surface area contributed by atoms with E-state index in [2.05, 4.69) is 5.32 Å². The number of aliphatic hydroxyl groups excluding tert-OH is 1. The van der Waals surface area contributed by atoms with Gasteiger partial charge in [-0.05, 0) is 57.7 Å². The number of amides is 1. The summed E-state index contributed by atoms with van der Waals surface area (Å²) in [4.78, 5) is 24.9. The third-order valence-corrected chi connectivity index (χ3v) is 4.23. The Labute approximate surface area is 153 Å². The number of ketones is 1. The highest BCUT2D eigenvalue weighted by Crippen LogP contribution is 2.38. The average molecular weight is 391 g/mol. The minimum atomic E-state index is -4.90. The summed E-state index contributed by atoms with van der Waals surface area (Å²) in [6.07, 6.45) is -6.90. The Morgan fingerprint density at radius 2 is 1.93 bits per heavy atom. The van der Waals surface area contributed by atoms with Crippen LogP contribution in [0.25, 0.3) is 0 Å². The lowest BCUT2D eigenvalue weighted by Crippen LogP contribution is -2.58. The summed E-state index contributed by atoms with van der Waals surface area (Å²) >= 11 is 0. The van der Waals surface area contributed by atoms with Gasteiger partial charge in [0, 0.05) is 0 Å². The molecule has 1 amide bonds. The number of carbonyl (C=O) groups is 2. The molecule has 0 radical (unpaired) electrons. The van der Waals surface area contributed by atoms with Crippen molar-refractivity contribution in [3.63, 3.8) is 0 Å². The van der Waals surface area contributed by atoms with Crippen LogP contribution in [0.3, 0.4) is 0 Å². The van der Waals surface area contributed by atoms with Crippen LogP contribution in [0.1, 0.15) is 51.2 Å². The van der Waals surface area contributed by atoms with E-state index >= 15 is 0 Å². The second-order valence-corrected chi connectivity index (χ2v) is 7.50. The van der Waals surface area contributed by atoms with E-state index in [-0.39, 0.29) is 18.4 Å². The molecular formula is C18H21F4NO4. The zero-order chi connectivity index (χ0) is 20.6. The molecule has 2 N–H and O–H groups in total. The van der Waals surface area contributed by atoms with Crippen LogP contribution in [0.2, 0.25) is 0 Å². The minimum absolute atomic E-state index is 0.00700. The fourth-order valence-corrected chi connectivity index (χ4v) is 3.07. The van der Waals surface area contributed by atoms with Crippen molar-refractivity contribution in [2.24, 2.45) is 0 Å². The second kappa shape index (κ2) is 7.10. The van der Waals surface area contributed by atoms with Gasteiger partial charge in [-0.3, -0.25) is 4.79 Å². The zero-order valence-corrected chi connectivity index (χ0v) is 15.1. The van der Waals surface area contributed by atoms with E-state index in [1.54, 1.807) is 20.8 Å². The van der Waals surface area contributed by atoms with Gasteiger partial charge in [0.15, 0.2) is 5.78 Å². The van der Waals surface area contributed by atoms with E-state index in [4.69, 9.17) is 4.74 Å². The van der Waals surface area contributed by atoms with Crippen LogP contribution < -0.4 is 5.32 Å². The molecule has 0 aliphatic heterocycles. The van der Waals surface area contributed by atoms with Gasteiger partial charge >= 0.3 is 12.3 Å². The predicted molar refractivity (Wildman–Crippen MR) is 87.3 cm³/mol. The summed E-state index contributed by atoms with van der Waals surface area (Å²) in [5, 5.41) is 12.3. The maximum absolute atomic E-state index is 14.1. The van der Waals surface area contributed by atoms with Crippen molar-refractivity contribution in [1.82, 2.24) is 5.32 Å². The number of carbonyl (C=O) groups excluding carboxylic acids is 2. The van der Waals surface area contributed by atoms with Gasteiger partial charge in [0.05, 0.1) is 5.56 Å². The largest absolute Gasteiger partial charge is 0.444 e. The zero-order valence-electron chi connectivity index (χ0n) is 15.1. The van der Waals surface area contributed by atoms with Crippen LogP contribution in [0.15, 0.2) is 18.2 Å². The summed E-state index contributed by atoms with van der Waals surface area (Å²) in [7, 11) is 0. The highest BCUT2D eigenvalue weighted by atomic mass is 19.4. The molecule has 27 heavy (non-hydrogen) atoms. The normalized spacial score (nSPS) is 23.9. The molecule has 0 aromatic heterocycles. The first-order valence-corrected chi connectivity index (χ1v) is 8.37. The first kappa shape index (κ1) is 21.1. The van der Waals surface area contributed by atoms with Crippen LogP contribution in [-0.4, -0.2) is 28.7 Å². The van der Waals surface area contributed by atoms with Crippen LogP contribution in [0.5, 0.6) is 0 Å². The van der Waals surface area contributed by atoms with Gasteiger partial charge < -0.3 is 15.2 Å². The van der Waals surface area contributed by atoms with Crippen LogP contribution in [0, 0.1) is 5.82 Å². The summed E-state index contributed by atoms with van der Waals surface area (Å²) in [5.74, 6) is -2.39. The van der Waals surface area contributed by atoms with Gasteiger partial charge in [-0.15, -0.1) is 0 Å². The fourth-order valence-electron chi connectivity index (χ4n) is 3.07. The Morgan fingerprint density at radius 1 is 1.30 bits per heavy atom. The number of hydrogen-bond donors (Lipinski definition) is 2. The Morgan fingerprint density at radius 3 is 2.44 bits per heavy atom. The fraction of sp³-hybridized carbons (Fsp3) is 0.556. The molecule has 5 nitrogen and oxygen atoms in total. The molecule has 150 valence electrons. The van der Waals surface area contributed by atoms with Crippen molar-refractivity contribution >= 4 is 11.9 Å². The molecule has 0 saturated heterocycles. The van der Waals surface area contributed by atoms with Crippen molar-refractivity contribution in [1.29, 1.82) is 0 Å². The number of hydrogen-bond acceptors (Lipinski definition) is 4. The Kier molecular flexibility index (Phi) is 5.56. The SMILES string of the molecule is CC(C)(C)OC(=O)NC1(c2ccc(C(F)(F)F)c(F)c2)CCCC(O)C1=O. The number of alkyl carbamates (subject to hydrolysis) is 1. The van der Waals surface area contributed by atoms with Gasteiger partial charge in [-0.25, -0.2) is 9.18 Å². The topological polar surface area (TPSA) is 75.6 Å². The molecule has 1 aromatic carbocycles. The average Bonchev–Trinajstić information content (AvgIpc) is 2.48. The maximum Gasteiger partial charge on any atom is 0.419 e. The molecule has 2 atom stereocenters. The van der Waals surface area contributed by atoms with Crippen molar-refractivity contribution in [3.8, 4) is 0 Å². The maximum atomic E-state index is 14.1. The van der Waals surface area contributed by atoms with Gasteiger partial charge in [0.25, 0.3) is 0 Å². The molecule has 9 heteroatoms. The summed E-state index contributed by atoms with van der Waals surface area (Å²) in [5.41, 5.74) is -4.43. The smallest absolute Gasteiger partial charge is 0.419 e. The van der Waals surface area contributed by atoms with Crippen LogP contribution in [0.4, 0.5) is 22.4 Å². The van der Waals surface area contributed by atoms with E-state index in [0.29, 0.717) is 18.6 Å². The van der Waals surface area contributed by atoms with Crippen LogP contribution in [-0.2, 0) is 21.2 Å². The number of aliphatic hydroxyl groups is 1. The quantitative estimate of drug-likeness (QED) is 0.755. The molecule has 1 saturated carbocycles. The highest BCUT2D eigenvalue weighted by molar-refractivity contribution is 5.96. The molecule has 2 rings (SSSR count). The molecule has 2 unspecified atom stereocenters. The molecule has 0 heterocycles. The number of alkyl halides is 3. The number of benzene rings is 1. The van der Waals surface area contributed by atoms with Gasteiger partial charge in [0.2, 0.25) is 0 Å². The standard InChI is InChI=1S/C18H21F4NO4/c1-16(2,3)27-15(26)23-17(8-4-5-13(24)14(17)25)10-6-7-11(12(19)9-10)18(20,21)22/h6-7,9,13,24H,4-5,8H2,1-3H3,(H,23,26). The lowest BCUT2D eigenvalue weighted by Gasteiger charge is -2.39. The van der Waals surface area contributed by atoms with E-state index in [0.717, 1.165) is 6.07 Å². The number of halogens is 4. The number of Topliss-reactive ketones (excluding diaryl/α,β-unsaturated/α-hetero) is 1. The molecule has 1 aliphatic carbocycles. The lowest BCUT2D eigenvalue weighted by atomic mass is 9.74. The molecule has 0 bridgehead atoms. The number of nitrogens with one attached hydrogen (secondary N) is 1. The Hall–Kier alpha value is -2.16. The summed E-state index contributed by atoms with van der Waals surface area (Å²) in [6, 6.07) is 2.01. The van der Waals surface area contributed by atoms with Gasteiger partial charge in [0.1, 0.15) is 23.1 Å². The molecule has 0 spiro atoms. The van der Waals surface area contributed by atoms with Crippen LogP contribution >= 0.6 is 0 Å². The predicted octanol–water partition coefficient (Wildman–Crippen LogP) is 3.68. The first-order valence-electron chi connectivity index (χ1n) is 8.37. The molecule has 1 aromatic rings. The number of ether oxygens (including phenoxy) is 1. The molecular weight excluding hydrogens is 370 g/mol. The Bertz CT molecular complexity index is 742. The molecule has 1 aliphatic rings. The lowest BCUT2D eigenvalue weighted by molar-refractivity contribution is -0.140. The minimum Gasteiger partial charge on any atom is -0.444 e. The highest BCUT2D eigenvalue weighted by Gasteiger charge is 2.48. The first-order chi connectivity index (χ1) is 12.3. The van der Waals surface area contributed by atoms with E-state index in [1.807, 2.05) is 0 Å². The van der Waals surface area contributed by atoms with Crippen molar-refractivity contribution in [2.75, 3.05) is 0 Å². The van der Waals surface area contributed by atoms with Crippen molar-refractivity contribution in [2.45, 2.75) is 63.5 Å². The monoisotopic (exact) mass is 391 g/mol.